The number of rotatable bonds is 5. The van der Waals surface area contributed by atoms with Gasteiger partial charge in [-0.3, -0.25) is 9.59 Å². The van der Waals surface area contributed by atoms with E-state index >= 15 is 0 Å². The number of carbonyl (C=O) groups excluding carboxylic acids is 2. The van der Waals surface area contributed by atoms with Gasteiger partial charge in [-0.15, -0.1) is 0 Å². The maximum absolute atomic E-state index is 12.2. The lowest BCUT2D eigenvalue weighted by atomic mass is 9.88. The fourth-order valence-electron chi connectivity index (χ4n) is 4.24. The molecule has 2 aromatic carbocycles. The molecule has 1 amide bonds. The first-order chi connectivity index (χ1) is 13.2. The molecule has 2 aliphatic carbocycles. The van der Waals surface area contributed by atoms with Crippen LogP contribution in [0.1, 0.15) is 53.1 Å². The van der Waals surface area contributed by atoms with Crippen molar-refractivity contribution in [3.63, 3.8) is 0 Å². The average Bonchev–Trinajstić information content (AvgIpc) is 3.14. The second-order valence-corrected chi connectivity index (χ2v) is 7.51. The standard InChI is InChI=1S/C23H25NO3/c25-22(24-21-10-4-7-18-5-1-2-9-20(18)21)15-27-23(26)14-16-11-12-17-6-3-8-19(17)13-16/h1-2,5,9,11-13,21H,3-4,6-8,10,14-15H2,(H,24,25)/t21-/m0/s1. The summed E-state index contributed by atoms with van der Waals surface area (Å²) >= 11 is 0. The van der Waals surface area contributed by atoms with Crippen molar-refractivity contribution in [2.24, 2.45) is 0 Å². The van der Waals surface area contributed by atoms with Crippen molar-refractivity contribution in [3.8, 4) is 0 Å². The predicted octanol–water partition coefficient (Wildman–Crippen LogP) is 3.45. The molecule has 0 unspecified atom stereocenters. The van der Waals surface area contributed by atoms with Gasteiger partial charge in [0.15, 0.2) is 6.61 Å². The molecule has 0 fully saturated rings. The summed E-state index contributed by atoms with van der Waals surface area (Å²) in [5.74, 6) is -0.592. The van der Waals surface area contributed by atoms with Crippen LogP contribution in [0.4, 0.5) is 0 Å². The highest BCUT2D eigenvalue weighted by Crippen LogP contribution is 2.29. The van der Waals surface area contributed by atoms with E-state index in [1.165, 1.54) is 28.7 Å². The molecule has 0 aromatic heterocycles. The Morgan fingerprint density at radius 1 is 0.963 bits per heavy atom. The van der Waals surface area contributed by atoms with Crippen LogP contribution < -0.4 is 5.32 Å². The first kappa shape index (κ1) is 17.8. The smallest absolute Gasteiger partial charge is 0.310 e. The van der Waals surface area contributed by atoms with Crippen LogP contribution in [0.3, 0.4) is 0 Å². The maximum atomic E-state index is 12.2. The van der Waals surface area contributed by atoms with Gasteiger partial charge in [-0.1, -0.05) is 42.5 Å². The molecule has 0 bridgehead atoms. The lowest BCUT2D eigenvalue weighted by Crippen LogP contribution is -2.34. The van der Waals surface area contributed by atoms with Gasteiger partial charge in [-0.05, 0) is 66.3 Å². The maximum Gasteiger partial charge on any atom is 0.310 e. The van der Waals surface area contributed by atoms with Crippen LogP contribution in [-0.4, -0.2) is 18.5 Å². The summed E-state index contributed by atoms with van der Waals surface area (Å²) in [5.41, 5.74) is 6.17. The molecule has 0 aliphatic heterocycles. The number of hydrogen-bond donors (Lipinski definition) is 1. The molecule has 4 nitrogen and oxygen atoms in total. The number of benzene rings is 2. The molecule has 0 radical (unpaired) electrons. The first-order valence-electron chi connectivity index (χ1n) is 9.82. The molecule has 140 valence electrons. The Hall–Kier alpha value is -2.62. The molecule has 2 aliphatic rings. The number of nitrogens with one attached hydrogen (secondary N) is 1. The Morgan fingerprint density at radius 2 is 1.78 bits per heavy atom. The van der Waals surface area contributed by atoms with E-state index in [0.29, 0.717) is 0 Å². The van der Waals surface area contributed by atoms with Gasteiger partial charge >= 0.3 is 5.97 Å². The van der Waals surface area contributed by atoms with Crippen molar-refractivity contribution in [1.82, 2.24) is 5.32 Å². The predicted molar refractivity (Wildman–Crippen MR) is 103 cm³/mol. The quantitative estimate of drug-likeness (QED) is 0.828. The minimum Gasteiger partial charge on any atom is -0.455 e. The molecule has 2 aromatic rings. The van der Waals surface area contributed by atoms with Gasteiger partial charge in [-0.25, -0.2) is 0 Å². The van der Waals surface area contributed by atoms with Crippen molar-refractivity contribution in [2.75, 3.05) is 6.61 Å². The number of hydrogen-bond acceptors (Lipinski definition) is 3. The summed E-state index contributed by atoms with van der Waals surface area (Å²) in [7, 11) is 0. The second-order valence-electron chi connectivity index (χ2n) is 7.51. The molecule has 0 heterocycles. The Balaban J connectivity index is 1.28. The largest absolute Gasteiger partial charge is 0.455 e. The summed E-state index contributed by atoms with van der Waals surface area (Å²) < 4.78 is 5.21. The molecule has 0 saturated heterocycles. The molecule has 1 N–H and O–H groups in total. The Labute approximate surface area is 159 Å². The molecular weight excluding hydrogens is 338 g/mol. The van der Waals surface area contributed by atoms with Crippen molar-refractivity contribution < 1.29 is 14.3 Å². The van der Waals surface area contributed by atoms with Crippen LogP contribution in [0.2, 0.25) is 0 Å². The van der Waals surface area contributed by atoms with Crippen LogP contribution >= 0.6 is 0 Å². The van der Waals surface area contributed by atoms with Gasteiger partial charge in [0, 0.05) is 0 Å². The SMILES string of the molecule is O=C(COC(=O)Cc1ccc2c(c1)CCC2)N[C@H]1CCCc2ccccc21. The molecule has 0 spiro atoms. The Morgan fingerprint density at radius 3 is 2.70 bits per heavy atom. The van der Waals surface area contributed by atoms with Crippen LogP contribution in [0.15, 0.2) is 42.5 Å². The third-order valence-electron chi connectivity index (χ3n) is 5.58. The van der Waals surface area contributed by atoms with Crippen molar-refractivity contribution in [2.45, 2.75) is 51.0 Å². The van der Waals surface area contributed by atoms with Crippen LogP contribution in [0.25, 0.3) is 0 Å². The van der Waals surface area contributed by atoms with Crippen molar-refractivity contribution >= 4 is 11.9 Å². The summed E-state index contributed by atoms with van der Waals surface area (Å²) in [6, 6.07) is 14.4. The number of ether oxygens (including phenoxy) is 1. The van der Waals surface area contributed by atoms with E-state index in [0.717, 1.165) is 37.7 Å². The van der Waals surface area contributed by atoms with Gasteiger partial charge in [0.25, 0.3) is 5.91 Å². The van der Waals surface area contributed by atoms with E-state index < -0.39 is 0 Å². The number of esters is 1. The normalized spacial score (nSPS) is 17.7. The molecule has 27 heavy (non-hydrogen) atoms. The molecule has 1 atom stereocenters. The highest BCUT2D eigenvalue weighted by atomic mass is 16.5. The van der Waals surface area contributed by atoms with Crippen molar-refractivity contribution in [1.29, 1.82) is 0 Å². The third kappa shape index (κ3) is 4.21. The van der Waals surface area contributed by atoms with Gasteiger partial charge in [-0.2, -0.15) is 0 Å². The zero-order chi connectivity index (χ0) is 18.6. The summed E-state index contributed by atoms with van der Waals surface area (Å²) in [5, 5.41) is 3.01. The fraction of sp³-hybridized carbons (Fsp3) is 0.391. The summed E-state index contributed by atoms with van der Waals surface area (Å²) in [6.07, 6.45) is 6.65. The highest BCUT2D eigenvalue weighted by molar-refractivity contribution is 5.81. The average molecular weight is 363 g/mol. The number of amides is 1. The monoisotopic (exact) mass is 363 g/mol. The van der Waals surface area contributed by atoms with E-state index in [1.54, 1.807) is 0 Å². The molecule has 4 rings (SSSR count). The highest BCUT2D eigenvalue weighted by Gasteiger charge is 2.22. The number of carbonyl (C=O) groups is 2. The van der Waals surface area contributed by atoms with Gasteiger partial charge in [0.05, 0.1) is 12.5 Å². The van der Waals surface area contributed by atoms with Crippen LogP contribution in [-0.2, 0) is 40.0 Å². The van der Waals surface area contributed by atoms with E-state index in [1.807, 2.05) is 18.2 Å². The molecule has 0 saturated carbocycles. The van der Waals surface area contributed by atoms with Gasteiger partial charge in [0.2, 0.25) is 0 Å². The minimum atomic E-state index is -0.354. The molecule has 4 heteroatoms. The van der Waals surface area contributed by atoms with Crippen molar-refractivity contribution in [3.05, 3.63) is 70.3 Å². The Kier molecular flexibility index (Phi) is 5.23. The number of aryl methyl sites for hydroxylation is 3. The first-order valence-corrected chi connectivity index (χ1v) is 9.82. The van der Waals surface area contributed by atoms with E-state index in [9.17, 15) is 9.59 Å². The van der Waals surface area contributed by atoms with Gasteiger partial charge in [0.1, 0.15) is 0 Å². The van der Waals surface area contributed by atoms with Crippen LogP contribution in [0.5, 0.6) is 0 Å². The number of fused-ring (bicyclic) bond motifs is 2. The van der Waals surface area contributed by atoms with E-state index in [4.69, 9.17) is 4.74 Å². The lowest BCUT2D eigenvalue weighted by Gasteiger charge is -2.26. The summed E-state index contributed by atoms with van der Waals surface area (Å²) in [4.78, 5) is 24.3. The molecular formula is C23H25NO3. The van der Waals surface area contributed by atoms with Crippen LogP contribution in [0, 0.1) is 0 Å². The topological polar surface area (TPSA) is 55.4 Å². The summed E-state index contributed by atoms with van der Waals surface area (Å²) in [6.45, 7) is -0.220. The van der Waals surface area contributed by atoms with Gasteiger partial charge < -0.3 is 10.1 Å². The minimum absolute atomic E-state index is 0.0119. The third-order valence-corrected chi connectivity index (χ3v) is 5.58. The van der Waals surface area contributed by atoms with E-state index in [-0.39, 0.29) is 30.9 Å². The second kappa shape index (κ2) is 7.95. The zero-order valence-electron chi connectivity index (χ0n) is 15.5. The lowest BCUT2D eigenvalue weighted by molar-refractivity contribution is -0.148. The fourth-order valence-corrected chi connectivity index (χ4v) is 4.24. The zero-order valence-corrected chi connectivity index (χ0v) is 15.5. The Bertz CT molecular complexity index is 858. The van der Waals surface area contributed by atoms with E-state index in [2.05, 4.69) is 29.6 Å².